The van der Waals surface area contributed by atoms with Crippen LogP contribution in [0.3, 0.4) is 0 Å². The molecule has 2 aliphatic rings. The number of nitrogens with one attached hydrogen (secondary N) is 1. The Morgan fingerprint density at radius 2 is 1.90 bits per heavy atom. The summed E-state index contributed by atoms with van der Waals surface area (Å²) in [5.41, 5.74) is 0. The molecule has 0 radical (unpaired) electrons. The van der Waals surface area contributed by atoms with Gasteiger partial charge in [0.1, 0.15) is 0 Å². The Morgan fingerprint density at radius 3 is 2.20 bits per heavy atom. The van der Waals surface area contributed by atoms with Gasteiger partial charge in [-0.25, -0.2) is 0 Å². The highest BCUT2D eigenvalue weighted by Gasteiger charge is 2.30. The van der Waals surface area contributed by atoms with Crippen LogP contribution in [0, 0.1) is 5.92 Å². The van der Waals surface area contributed by atoms with Crippen molar-refractivity contribution in [1.82, 2.24) is 5.32 Å². The van der Waals surface area contributed by atoms with Crippen LogP contribution in [0.15, 0.2) is 0 Å². The van der Waals surface area contributed by atoms with Crippen molar-refractivity contribution in [2.75, 3.05) is 0 Å². The molecule has 58 valence electrons. The molecule has 2 aliphatic carbocycles. The second-order valence-electron chi connectivity index (χ2n) is 3.96. The van der Waals surface area contributed by atoms with Crippen LogP contribution in [0.1, 0.15) is 39.0 Å². The number of rotatable bonds is 2. The molecule has 2 fully saturated rings. The molecule has 0 aromatic heterocycles. The maximum atomic E-state index is 3.70. The van der Waals surface area contributed by atoms with Crippen LogP contribution in [0.2, 0.25) is 0 Å². The van der Waals surface area contributed by atoms with Crippen LogP contribution in [0.4, 0.5) is 0 Å². The van der Waals surface area contributed by atoms with Crippen molar-refractivity contribution >= 4 is 0 Å². The fourth-order valence-corrected chi connectivity index (χ4v) is 1.79. The summed E-state index contributed by atoms with van der Waals surface area (Å²) in [5.74, 6) is 0.959. The van der Waals surface area contributed by atoms with Crippen molar-refractivity contribution in [3.05, 3.63) is 0 Å². The third-order valence-corrected chi connectivity index (χ3v) is 3.17. The molecular weight excluding hydrogens is 122 g/mol. The Labute approximate surface area is 63.2 Å². The average Bonchev–Trinajstić information content (AvgIpc) is 1.82. The van der Waals surface area contributed by atoms with Gasteiger partial charge in [-0.2, -0.15) is 0 Å². The van der Waals surface area contributed by atoms with Crippen LogP contribution < -0.4 is 5.32 Å². The minimum atomic E-state index is 0.880. The molecule has 0 aliphatic heterocycles. The molecule has 10 heavy (non-hydrogen) atoms. The Morgan fingerprint density at radius 1 is 1.10 bits per heavy atom. The van der Waals surface area contributed by atoms with Gasteiger partial charge in [0.2, 0.25) is 0 Å². The highest BCUT2D eigenvalue weighted by atomic mass is 15.0. The first kappa shape index (κ1) is 6.66. The largest absolute Gasteiger partial charge is 0.311 e. The quantitative estimate of drug-likeness (QED) is 0.616. The van der Waals surface area contributed by atoms with Crippen molar-refractivity contribution in [2.24, 2.45) is 5.92 Å². The van der Waals surface area contributed by atoms with Crippen LogP contribution in [-0.4, -0.2) is 12.1 Å². The van der Waals surface area contributed by atoms with Crippen molar-refractivity contribution in [2.45, 2.75) is 51.1 Å². The molecule has 1 nitrogen and oxygen atoms in total. The van der Waals surface area contributed by atoms with E-state index >= 15 is 0 Å². The summed E-state index contributed by atoms with van der Waals surface area (Å²) in [4.78, 5) is 0. The average molecular weight is 139 g/mol. The Balaban J connectivity index is 1.69. The molecule has 0 aromatic rings. The molecular formula is C9H17N. The molecule has 0 heterocycles. The fourth-order valence-electron chi connectivity index (χ4n) is 1.79. The summed E-state index contributed by atoms with van der Waals surface area (Å²) in [6.07, 6.45) is 7.20. The Hall–Kier alpha value is -0.0400. The summed E-state index contributed by atoms with van der Waals surface area (Å²) in [5, 5.41) is 3.70. The van der Waals surface area contributed by atoms with Gasteiger partial charge in [-0.1, -0.05) is 13.3 Å². The van der Waals surface area contributed by atoms with Crippen molar-refractivity contribution < 1.29 is 0 Å². The van der Waals surface area contributed by atoms with Gasteiger partial charge in [-0.15, -0.1) is 0 Å². The molecule has 2 rings (SSSR count). The lowest BCUT2D eigenvalue weighted by atomic mass is 9.79. The first-order chi connectivity index (χ1) is 4.86. The van der Waals surface area contributed by atoms with E-state index in [2.05, 4.69) is 12.2 Å². The zero-order valence-corrected chi connectivity index (χ0v) is 6.77. The summed E-state index contributed by atoms with van der Waals surface area (Å²) in [6.45, 7) is 2.36. The lowest BCUT2D eigenvalue weighted by Gasteiger charge is -2.40. The summed E-state index contributed by atoms with van der Waals surface area (Å²) >= 11 is 0. The third kappa shape index (κ3) is 1.07. The molecule has 0 amide bonds. The molecule has 2 saturated carbocycles. The van der Waals surface area contributed by atoms with E-state index in [-0.39, 0.29) is 0 Å². The van der Waals surface area contributed by atoms with Gasteiger partial charge >= 0.3 is 0 Å². The maximum absolute atomic E-state index is 3.70. The molecule has 0 bridgehead atoms. The highest BCUT2D eigenvalue weighted by molar-refractivity contribution is 4.88. The van der Waals surface area contributed by atoms with E-state index in [1.165, 1.54) is 32.1 Å². The van der Waals surface area contributed by atoms with Crippen molar-refractivity contribution in [3.8, 4) is 0 Å². The minimum absolute atomic E-state index is 0.880. The van der Waals surface area contributed by atoms with Gasteiger partial charge in [-0.3, -0.25) is 0 Å². The lowest BCUT2D eigenvalue weighted by molar-refractivity contribution is 0.179. The van der Waals surface area contributed by atoms with E-state index < -0.39 is 0 Å². The van der Waals surface area contributed by atoms with Gasteiger partial charge in [0.15, 0.2) is 0 Å². The predicted octanol–water partition coefficient (Wildman–Crippen LogP) is 1.93. The zero-order chi connectivity index (χ0) is 6.97. The first-order valence-corrected chi connectivity index (χ1v) is 4.62. The fraction of sp³-hybridized carbons (Fsp3) is 1.00. The molecule has 2 unspecified atom stereocenters. The second kappa shape index (κ2) is 2.54. The second-order valence-corrected chi connectivity index (χ2v) is 3.96. The molecule has 1 N–H and O–H groups in total. The van der Waals surface area contributed by atoms with E-state index in [9.17, 15) is 0 Å². The van der Waals surface area contributed by atoms with Crippen LogP contribution in [0.25, 0.3) is 0 Å². The third-order valence-electron chi connectivity index (χ3n) is 3.17. The summed E-state index contributed by atoms with van der Waals surface area (Å²) in [6, 6.07) is 1.78. The van der Waals surface area contributed by atoms with Crippen LogP contribution in [-0.2, 0) is 0 Å². The summed E-state index contributed by atoms with van der Waals surface area (Å²) in [7, 11) is 0. The number of hydrogen-bond donors (Lipinski definition) is 1. The molecule has 0 aromatic carbocycles. The van der Waals surface area contributed by atoms with E-state index in [1.54, 1.807) is 0 Å². The SMILES string of the molecule is CC1CCC1NC1CCC1. The Bertz CT molecular complexity index is 118. The molecule has 0 saturated heterocycles. The highest BCUT2D eigenvalue weighted by Crippen LogP contribution is 2.29. The smallest absolute Gasteiger partial charge is 0.00954 e. The number of hydrogen-bond acceptors (Lipinski definition) is 1. The van der Waals surface area contributed by atoms with E-state index in [0.717, 1.165) is 18.0 Å². The van der Waals surface area contributed by atoms with E-state index in [4.69, 9.17) is 0 Å². The van der Waals surface area contributed by atoms with Crippen molar-refractivity contribution in [3.63, 3.8) is 0 Å². The lowest BCUT2D eigenvalue weighted by Crippen LogP contribution is -2.49. The zero-order valence-electron chi connectivity index (χ0n) is 6.77. The van der Waals surface area contributed by atoms with Crippen LogP contribution in [0.5, 0.6) is 0 Å². The normalized spacial score (nSPS) is 40.5. The first-order valence-electron chi connectivity index (χ1n) is 4.62. The van der Waals surface area contributed by atoms with Crippen molar-refractivity contribution in [1.29, 1.82) is 0 Å². The van der Waals surface area contributed by atoms with E-state index in [1.807, 2.05) is 0 Å². The maximum Gasteiger partial charge on any atom is 0.00954 e. The molecule has 0 spiro atoms. The monoisotopic (exact) mass is 139 g/mol. The van der Waals surface area contributed by atoms with Gasteiger partial charge in [0, 0.05) is 12.1 Å². The van der Waals surface area contributed by atoms with Crippen LogP contribution >= 0.6 is 0 Å². The van der Waals surface area contributed by atoms with Gasteiger partial charge in [0.05, 0.1) is 0 Å². The standard InChI is InChI=1S/C9H17N/c1-7-5-6-9(7)10-8-3-2-4-8/h7-10H,2-6H2,1H3. The minimum Gasteiger partial charge on any atom is -0.311 e. The van der Waals surface area contributed by atoms with Gasteiger partial charge in [0.25, 0.3) is 0 Å². The summed E-state index contributed by atoms with van der Waals surface area (Å²) < 4.78 is 0. The van der Waals surface area contributed by atoms with E-state index in [0.29, 0.717) is 0 Å². The Kier molecular flexibility index (Phi) is 1.69. The molecule has 1 heteroatoms. The topological polar surface area (TPSA) is 12.0 Å². The van der Waals surface area contributed by atoms with Gasteiger partial charge < -0.3 is 5.32 Å². The van der Waals surface area contributed by atoms with Gasteiger partial charge in [-0.05, 0) is 31.6 Å². The molecule has 2 atom stereocenters. The predicted molar refractivity (Wildman–Crippen MR) is 43.0 cm³/mol.